The summed E-state index contributed by atoms with van der Waals surface area (Å²) in [5.74, 6) is 0.821. The van der Waals surface area contributed by atoms with Crippen LogP contribution in [0, 0.1) is 5.41 Å². The summed E-state index contributed by atoms with van der Waals surface area (Å²) in [5.41, 5.74) is 0.222. The average Bonchev–Trinajstić information content (AvgIpc) is 2.29. The molecule has 0 spiro atoms. The van der Waals surface area contributed by atoms with Crippen molar-refractivity contribution in [2.75, 3.05) is 5.75 Å². The SMILES string of the molecule is CCC(CC)(CS)Cn1ccccc1=O. The molecule has 1 heterocycles. The zero-order chi connectivity index (χ0) is 11.3. The molecule has 2 nitrogen and oxygen atoms in total. The van der Waals surface area contributed by atoms with Crippen molar-refractivity contribution in [2.24, 2.45) is 5.41 Å². The summed E-state index contributed by atoms with van der Waals surface area (Å²) in [6, 6.07) is 5.28. The molecule has 1 rings (SSSR count). The Hall–Kier alpha value is -0.700. The molecule has 0 saturated carbocycles. The van der Waals surface area contributed by atoms with Crippen molar-refractivity contribution in [2.45, 2.75) is 33.2 Å². The van der Waals surface area contributed by atoms with Crippen LogP contribution in [0.5, 0.6) is 0 Å². The van der Waals surface area contributed by atoms with E-state index in [0.717, 1.165) is 25.1 Å². The van der Waals surface area contributed by atoms with Crippen LogP contribution in [0.15, 0.2) is 29.2 Å². The highest BCUT2D eigenvalue weighted by Gasteiger charge is 2.25. The number of thiol groups is 1. The van der Waals surface area contributed by atoms with Crippen LogP contribution in [-0.4, -0.2) is 10.3 Å². The van der Waals surface area contributed by atoms with E-state index in [9.17, 15) is 4.79 Å². The van der Waals surface area contributed by atoms with Gasteiger partial charge in [0.1, 0.15) is 0 Å². The maximum atomic E-state index is 11.6. The Balaban J connectivity index is 2.93. The van der Waals surface area contributed by atoms with Crippen molar-refractivity contribution in [3.8, 4) is 0 Å². The molecule has 0 radical (unpaired) electrons. The van der Waals surface area contributed by atoms with Crippen molar-refractivity contribution >= 4 is 12.6 Å². The Morgan fingerprint density at radius 3 is 2.47 bits per heavy atom. The van der Waals surface area contributed by atoms with Gasteiger partial charge in [-0.3, -0.25) is 4.79 Å². The highest BCUT2D eigenvalue weighted by molar-refractivity contribution is 7.80. The van der Waals surface area contributed by atoms with Gasteiger partial charge in [0.25, 0.3) is 5.56 Å². The third-order valence-corrected chi connectivity index (χ3v) is 3.91. The summed E-state index contributed by atoms with van der Waals surface area (Å²) in [5, 5.41) is 0. The second kappa shape index (κ2) is 5.40. The molecule has 1 aromatic heterocycles. The molecule has 1 aromatic rings. The molecular formula is C12H19NOS. The largest absolute Gasteiger partial charge is 0.315 e. The highest BCUT2D eigenvalue weighted by atomic mass is 32.1. The number of rotatable bonds is 5. The lowest BCUT2D eigenvalue weighted by Crippen LogP contribution is -2.32. The molecule has 0 amide bonds. The number of pyridine rings is 1. The molecule has 0 aliphatic carbocycles. The molecular weight excluding hydrogens is 206 g/mol. The van der Waals surface area contributed by atoms with Gasteiger partial charge in [0.15, 0.2) is 0 Å². The second-order valence-corrected chi connectivity index (χ2v) is 4.35. The van der Waals surface area contributed by atoms with Crippen LogP contribution < -0.4 is 5.56 Å². The van der Waals surface area contributed by atoms with Crippen molar-refractivity contribution in [1.82, 2.24) is 4.57 Å². The second-order valence-electron chi connectivity index (χ2n) is 4.03. The number of nitrogens with zero attached hydrogens (tertiary/aromatic N) is 1. The molecule has 0 saturated heterocycles. The predicted octanol–water partition coefficient (Wildman–Crippen LogP) is 2.58. The van der Waals surface area contributed by atoms with Gasteiger partial charge in [0, 0.05) is 18.8 Å². The maximum Gasteiger partial charge on any atom is 0.250 e. The first-order chi connectivity index (χ1) is 7.17. The van der Waals surface area contributed by atoms with Crippen molar-refractivity contribution in [1.29, 1.82) is 0 Å². The fraction of sp³-hybridized carbons (Fsp3) is 0.583. The number of hydrogen-bond acceptors (Lipinski definition) is 2. The van der Waals surface area contributed by atoms with Gasteiger partial charge in [-0.15, -0.1) is 0 Å². The van der Waals surface area contributed by atoms with Crippen molar-refractivity contribution in [3.05, 3.63) is 34.7 Å². The van der Waals surface area contributed by atoms with E-state index < -0.39 is 0 Å². The van der Waals surface area contributed by atoms with E-state index in [1.165, 1.54) is 0 Å². The Morgan fingerprint density at radius 2 is 2.00 bits per heavy atom. The average molecular weight is 225 g/mol. The standard InChI is InChI=1S/C12H19NOS/c1-3-12(4-2,10-15)9-13-8-6-5-7-11(13)14/h5-8,15H,3-4,9-10H2,1-2H3. The quantitative estimate of drug-likeness (QED) is 0.764. The minimum atomic E-state index is 0.0746. The van der Waals surface area contributed by atoms with E-state index in [1.807, 2.05) is 12.3 Å². The van der Waals surface area contributed by atoms with E-state index in [2.05, 4.69) is 26.5 Å². The molecule has 0 aromatic carbocycles. The fourth-order valence-electron chi connectivity index (χ4n) is 1.70. The molecule has 0 aliphatic rings. The minimum Gasteiger partial charge on any atom is -0.315 e. The Labute approximate surface area is 96.7 Å². The lowest BCUT2D eigenvalue weighted by atomic mass is 9.84. The van der Waals surface area contributed by atoms with Crippen LogP contribution in [-0.2, 0) is 6.54 Å². The van der Waals surface area contributed by atoms with Crippen LogP contribution in [0.4, 0.5) is 0 Å². The molecule has 0 fully saturated rings. The van der Waals surface area contributed by atoms with Crippen LogP contribution >= 0.6 is 12.6 Å². The van der Waals surface area contributed by atoms with Gasteiger partial charge in [0.2, 0.25) is 0 Å². The van der Waals surface area contributed by atoms with E-state index in [0.29, 0.717) is 0 Å². The normalized spacial score (nSPS) is 11.7. The third-order valence-electron chi connectivity index (χ3n) is 3.24. The van der Waals surface area contributed by atoms with Crippen LogP contribution in [0.3, 0.4) is 0 Å². The summed E-state index contributed by atoms with van der Waals surface area (Å²) in [6.07, 6.45) is 3.95. The van der Waals surface area contributed by atoms with E-state index in [-0.39, 0.29) is 11.0 Å². The first-order valence-electron chi connectivity index (χ1n) is 5.44. The van der Waals surface area contributed by atoms with Crippen LogP contribution in [0.1, 0.15) is 26.7 Å². The van der Waals surface area contributed by atoms with Crippen LogP contribution in [0.2, 0.25) is 0 Å². The van der Waals surface area contributed by atoms with Gasteiger partial charge in [-0.25, -0.2) is 0 Å². The Morgan fingerprint density at radius 1 is 1.33 bits per heavy atom. The topological polar surface area (TPSA) is 22.0 Å². The van der Waals surface area contributed by atoms with Crippen molar-refractivity contribution < 1.29 is 0 Å². The van der Waals surface area contributed by atoms with Gasteiger partial charge in [0.05, 0.1) is 0 Å². The zero-order valence-electron chi connectivity index (χ0n) is 9.44. The minimum absolute atomic E-state index is 0.0746. The summed E-state index contributed by atoms with van der Waals surface area (Å²) >= 11 is 4.41. The lowest BCUT2D eigenvalue weighted by Gasteiger charge is -2.30. The van der Waals surface area contributed by atoms with E-state index >= 15 is 0 Å². The third kappa shape index (κ3) is 2.88. The summed E-state index contributed by atoms with van der Waals surface area (Å²) < 4.78 is 1.78. The van der Waals surface area contributed by atoms with Gasteiger partial charge >= 0.3 is 0 Å². The molecule has 0 unspecified atom stereocenters. The summed E-state index contributed by atoms with van der Waals surface area (Å²) in [4.78, 5) is 11.6. The monoisotopic (exact) mass is 225 g/mol. The van der Waals surface area contributed by atoms with E-state index in [4.69, 9.17) is 0 Å². The molecule has 0 bridgehead atoms. The Kier molecular flexibility index (Phi) is 4.45. The fourth-order valence-corrected chi connectivity index (χ4v) is 2.25. The first-order valence-corrected chi connectivity index (χ1v) is 6.07. The zero-order valence-corrected chi connectivity index (χ0v) is 10.3. The number of aromatic nitrogens is 1. The lowest BCUT2D eigenvalue weighted by molar-refractivity contribution is 0.255. The Bertz CT molecular complexity index is 346. The predicted molar refractivity (Wildman–Crippen MR) is 67.6 cm³/mol. The van der Waals surface area contributed by atoms with Gasteiger partial charge in [-0.05, 0) is 30.1 Å². The van der Waals surface area contributed by atoms with E-state index in [1.54, 1.807) is 16.7 Å². The van der Waals surface area contributed by atoms with Gasteiger partial charge in [-0.2, -0.15) is 12.6 Å². The number of hydrogen-bond donors (Lipinski definition) is 1. The van der Waals surface area contributed by atoms with Crippen molar-refractivity contribution in [3.63, 3.8) is 0 Å². The molecule has 84 valence electrons. The molecule has 0 aliphatic heterocycles. The molecule has 0 atom stereocenters. The summed E-state index contributed by atoms with van der Waals surface area (Å²) in [6.45, 7) is 5.09. The van der Waals surface area contributed by atoms with Gasteiger partial charge in [-0.1, -0.05) is 19.9 Å². The highest BCUT2D eigenvalue weighted by Crippen LogP contribution is 2.29. The first kappa shape index (κ1) is 12.4. The molecule has 15 heavy (non-hydrogen) atoms. The molecule has 0 N–H and O–H groups in total. The maximum absolute atomic E-state index is 11.6. The smallest absolute Gasteiger partial charge is 0.250 e. The van der Waals surface area contributed by atoms with Gasteiger partial charge < -0.3 is 4.57 Å². The molecule has 3 heteroatoms. The summed E-state index contributed by atoms with van der Waals surface area (Å²) in [7, 11) is 0. The van der Waals surface area contributed by atoms with Crippen LogP contribution in [0.25, 0.3) is 0 Å².